The van der Waals surface area contributed by atoms with Gasteiger partial charge in [-0.05, 0) is 80.1 Å². The van der Waals surface area contributed by atoms with Crippen molar-refractivity contribution >= 4 is 21.3 Å². The summed E-state index contributed by atoms with van der Waals surface area (Å²) in [6, 6.07) is 22.7. The number of anilines is 2. The van der Waals surface area contributed by atoms with E-state index in [1.165, 1.54) is 12.1 Å². The second-order valence-corrected chi connectivity index (χ2v) is 10.1. The fourth-order valence-electron chi connectivity index (χ4n) is 3.71. The van der Waals surface area contributed by atoms with Crippen molar-refractivity contribution in [2.75, 3.05) is 19.5 Å². The molecule has 0 atom stereocenters. The first kappa shape index (κ1) is 25.1. The summed E-state index contributed by atoms with van der Waals surface area (Å²) in [5, 5.41) is 3.19. The van der Waals surface area contributed by atoms with Crippen molar-refractivity contribution in [3.8, 4) is 17.2 Å². The van der Waals surface area contributed by atoms with Gasteiger partial charge in [-0.2, -0.15) is 0 Å². The highest BCUT2D eigenvalue weighted by Crippen LogP contribution is 2.32. The molecule has 0 saturated heterocycles. The van der Waals surface area contributed by atoms with Crippen molar-refractivity contribution in [2.45, 2.75) is 30.2 Å². The predicted molar refractivity (Wildman–Crippen MR) is 139 cm³/mol. The van der Waals surface area contributed by atoms with Crippen LogP contribution in [0, 0.1) is 13.8 Å². The Morgan fingerprint density at radius 1 is 0.833 bits per heavy atom. The summed E-state index contributed by atoms with van der Waals surface area (Å²) in [7, 11) is -0.643. The lowest BCUT2D eigenvalue weighted by Gasteiger charge is -2.15. The topological polar surface area (TPSA) is 86.8 Å². The fourth-order valence-corrected chi connectivity index (χ4v) is 5.05. The van der Waals surface area contributed by atoms with Crippen LogP contribution in [0.15, 0.2) is 88.7 Å². The lowest BCUT2D eigenvalue weighted by atomic mass is 10.2. The Bertz CT molecular complexity index is 1470. The van der Waals surface area contributed by atoms with E-state index < -0.39 is 9.84 Å². The average molecular weight is 505 g/mol. The van der Waals surface area contributed by atoms with Gasteiger partial charge in [-0.1, -0.05) is 18.2 Å². The quantitative estimate of drug-likeness (QED) is 0.305. The van der Waals surface area contributed by atoms with E-state index in [2.05, 4.69) is 10.3 Å². The minimum absolute atomic E-state index is 0.0889. The highest BCUT2D eigenvalue weighted by Gasteiger charge is 2.23. The van der Waals surface area contributed by atoms with Gasteiger partial charge in [-0.3, -0.25) is 0 Å². The Labute approximate surface area is 211 Å². The van der Waals surface area contributed by atoms with E-state index in [0.29, 0.717) is 18.1 Å². The van der Waals surface area contributed by atoms with E-state index in [-0.39, 0.29) is 15.6 Å². The standard InChI is InChI=1S/C28H28N2O5S/c1-19-17-23(33-3)12-15-25(19)30-28-27(16-9-20(2)29-28)36(31,32)24-13-10-22(11-14-24)35-18-21-7-5-6-8-26(21)34-4/h5-17H,18H2,1-4H3,(H,29,30). The number of aryl methyl sites for hydroxylation is 2. The van der Waals surface area contributed by atoms with Gasteiger partial charge in [0.05, 0.1) is 19.1 Å². The summed E-state index contributed by atoms with van der Waals surface area (Å²) in [5.74, 6) is 2.26. The average Bonchev–Trinajstić information content (AvgIpc) is 2.89. The van der Waals surface area contributed by atoms with E-state index in [1.54, 1.807) is 38.5 Å². The molecule has 186 valence electrons. The van der Waals surface area contributed by atoms with Crippen LogP contribution in [0.25, 0.3) is 0 Å². The van der Waals surface area contributed by atoms with Crippen LogP contribution in [0.1, 0.15) is 16.8 Å². The third kappa shape index (κ3) is 5.44. The van der Waals surface area contributed by atoms with Crippen LogP contribution in [-0.2, 0) is 16.4 Å². The number of hydrogen-bond acceptors (Lipinski definition) is 7. The number of aromatic nitrogens is 1. The van der Waals surface area contributed by atoms with Gasteiger partial charge >= 0.3 is 0 Å². The van der Waals surface area contributed by atoms with E-state index in [0.717, 1.165) is 28.3 Å². The minimum atomic E-state index is -3.85. The molecule has 1 heterocycles. The van der Waals surface area contributed by atoms with Gasteiger partial charge in [-0.15, -0.1) is 0 Å². The maximum absolute atomic E-state index is 13.6. The SMILES string of the molecule is COc1ccc(Nc2nc(C)ccc2S(=O)(=O)c2ccc(OCc3ccccc3OC)cc2)c(C)c1. The largest absolute Gasteiger partial charge is 0.497 e. The number of benzene rings is 3. The van der Waals surface area contributed by atoms with E-state index >= 15 is 0 Å². The lowest BCUT2D eigenvalue weighted by molar-refractivity contribution is 0.296. The number of hydrogen-bond donors (Lipinski definition) is 1. The molecule has 0 fully saturated rings. The van der Waals surface area contributed by atoms with Crippen LogP contribution >= 0.6 is 0 Å². The normalized spacial score (nSPS) is 11.1. The summed E-state index contributed by atoms with van der Waals surface area (Å²) in [4.78, 5) is 4.72. The van der Waals surface area contributed by atoms with Gasteiger partial charge in [0.25, 0.3) is 0 Å². The summed E-state index contributed by atoms with van der Waals surface area (Å²) >= 11 is 0. The Balaban J connectivity index is 1.58. The van der Waals surface area contributed by atoms with Crippen molar-refractivity contribution in [2.24, 2.45) is 0 Å². The fraction of sp³-hybridized carbons (Fsp3) is 0.179. The molecule has 8 heteroatoms. The molecule has 1 N–H and O–H groups in total. The molecule has 7 nitrogen and oxygen atoms in total. The number of nitrogens with one attached hydrogen (secondary N) is 1. The number of para-hydroxylation sites is 1. The van der Waals surface area contributed by atoms with Gasteiger partial charge in [-0.25, -0.2) is 13.4 Å². The molecule has 0 radical (unpaired) electrons. The molecule has 0 aliphatic heterocycles. The van der Waals surface area contributed by atoms with Gasteiger partial charge in [0.2, 0.25) is 9.84 Å². The predicted octanol–water partition coefficient (Wildman–Crippen LogP) is 5.87. The van der Waals surface area contributed by atoms with Crippen molar-refractivity contribution < 1.29 is 22.6 Å². The number of sulfone groups is 1. The van der Waals surface area contributed by atoms with E-state index in [9.17, 15) is 8.42 Å². The monoisotopic (exact) mass is 504 g/mol. The molecule has 0 aliphatic rings. The van der Waals surface area contributed by atoms with Crippen LogP contribution < -0.4 is 19.5 Å². The number of methoxy groups -OCH3 is 2. The first-order valence-corrected chi connectivity index (χ1v) is 12.8. The molecule has 0 aliphatic carbocycles. The molecule has 0 spiro atoms. The highest BCUT2D eigenvalue weighted by atomic mass is 32.2. The molecule has 36 heavy (non-hydrogen) atoms. The lowest BCUT2D eigenvalue weighted by Crippen LogP contribution is -2.08. The number of rotatable bonds is 9. The summed E-state index contributed by atoms with van der Waals surface area (Å²) in [5.41, 5.74) is 3.23. The third-order valence-electron chi connectivity index (χ3n) is 5.69. The third-order valence-corrected chi connectivity index (χ3v) is 7.50. The number of ether oxygens (including phenoxy) is 3. The highest BCUT2D eigenvalue weighted by molar-refractivity contribution is 7.91. The molecular weight excluding hydrogens is 476 g/mol. The molecule has 1 aromatic heterocycles. The van der Waals surface area contributed by atoms with Gasteiger partial charge in [0, 0.05) is 16.9 Å². The zero-order valence-electron chi connectivity index (χ0n) is 20.6. The zero-order valence-corrected chi connectivity index (χ0v) is 21.4. The number of nitrogens with zero attached hydrogens (tertiary/aromatic N) is 1. The minimum Gasteiger partial charge on any atom is -0.497 e. The van der Waals surface area contributed by atoms with E-state index in [4.69, 9.17) is 14.2 Å². The molecule has 0 unspecified atom stereocenters. The first-order chi connectivity index (χ1) is 17.3. The Hall–Kier alpha value is -4.04. The van der Waals surface area contributed by atoms with Crippen LogP contribution in [0.3, 0.4) is 0 Å². The molecule has 3 aromatic carbocycles. The van der Waals surface area contributed by atoms with E-state index in [1.807, 2.05) is 56.3 Å². The summed E-state index contributed by atoms with van der Waals surface area (Å²) < 4.78 is 43.6. The smallest absolute Gasteiger partial charge is 0.210 e. The second-order valence-electron chi connectivity index (χ2n) is 8.18. The van der Waals surface area contributed by atoms with Gasteiger partial charge < -0.3 is 19.5 Å². The van der Waals surface area contributed by atoms with Crippen molar-refractivity contribution in [3.05, 3.63) is 95.7 Å². The maximum Gasteiger partial charge on any atom is 0.210 e. The maximum atomic E-state index is 13.6. The summed E-state index contributed by atoms with van der Waals surface area (Å²) in [6.45, 7) is 4.03. The van der Waals surface area contributed by atoms with Crippen LogP contribution in [0.2, 0.25) is 0 Å². The molecular formula is C28H28N2O5S. The summed E-state index contributed by atoms with van der Waals surface area (Å²) in [6.07, 6.45) is 0. The Morgan fingerprint density at radius 3 is 2.25 bits per heavy atom. The molecule has 0 amide bonds. The molecule has 0 saturated carbocycles. The van der Waals surface area contributed by atoms with Gasteiger partial charge in [0.1, 0.15) is 34.6 Å². The zero-order chi connectivity index (χ0) is 25.7. The second kappa shape index (κ2) is 10.7. The van der Waals surface area contributed by atoms with Crippen LogP contribution in [0.5, 0.6) is 17.2 Å². The van der Waals surface area contributed by atoms with Crippen molar-refractivity contribution in [1.29, 1.82) is 0 Å². The Morgan fingerprint density at radius 2 is 1.56 bits per heavy atom. The molecule has 4 aromatic rings. The van der Waals surface area contributed by atoms with Crippen molar-refractivity contribution in [1.82, 2.24) is 4.98 Å². The first-order valence-electron chi connectivity index (χ1n) is 11.3. The molecule has 4 rings (SSSR count). The van der Waals surface area contributed by atoms with Crippen LogP contribution in [0.4, 0.5) is 11.5 Å². The van der Waals surface area contributed by atoms with Gasteiger partial charge in [0.15, 0.2) is 0 Å². The Kier molecular flexibility index (Phi) is 7.45. The molecule has 0 bridgehead atoms. The van der Waals surface area contributed by atoms with Crippen molar-refractivity contribution in [3.63, 3.8) is 0 Å². The number of pyridine rings is 1. The van der Waals surface area contributed by atoms with Crippen LogP contribution in [-0.4, -0.2) is 27.6 Å².